The van der Waals surface area contributed by atoms with Crippen molar-refractivity contribution in [1.29, 1.82) is 0 Å². The van der Waals surface area contributed by atoms with Gasteiger partial charge in [0.1, 0.15) is 22.8 Å². The Morgan fingerprint density at radius 1 is 1.04 bits per heavy atom. The zero-order valence-corrected chi connectivity index (χ0v) is 29.7. The molecule has 0 saturated heterocycles. The largest absolute Gasteiger partial charge is 0.453 e. The van der Waals surface area contributed by atoms with Crippen LogP contribution < -0.4 is 15.6 Å². The molecule has 0 aliphatic heterocycles. The number of allylic oxidation sites excluding steroid dienone is 1. The first-order chi connectivity index (χ1) is 24.9. The highest BCUT2D eigenvalue weighted by molar-refractivity contribution is 5.92. The van der Waals surface area contributed by atoms with Crippen LogP contribution in [0.4, 0.5) is 27.2 Å². The Bertz CT molecular complexity index is 2140. The lowest BCUT2D eigenvalue weighted by atomic mass is 10.0. The molecule has 2 aromatic heterocycles. The van der Waals surface area contributed by atoms with Crippen molar-refractivity contribution in [1.82, 2.24) is 24.3 Å². The van der Waals surface area contributed by atoms with Crippen LogP contribution in [0, 0.1) is 23.3 Å². The maximum atomic E-state index is 15.2. The highest BCUT2D eigenvalue weighted by Crippen LogP contribution is 2.36. The molecular weight excluding hydrogens is 706 g/mol. The molecule has 17 heteroatoms. The molecule has 4 aromatic rings. The quantitative estimate of drug-likeness (QED) is 0.144. The van der Waals surface area contributed by atoms with Gasteiger partial charge in [0, 0.05) is 44.4 Å². The van der Waals surface area contributed by atoms with Crippen molar-refractivity contribution in [2.45, 2.75) is 58.2 Å². The van der Waals surface area contributed by atoms with Crippen LogP contribution in [-0.4, -0.2) is 75.7 Å². The van der Waals surface area contributed by atoms with Gasteiger partial charge in [0.05, 0.1) is 25.2 Å². The molecule has 282 valence electrons. The van der Waals surface area contributed by atoms with Crippen LogP contribution in [0.2, 0.25) is 0 Å². The van der Waals surface area contributed by atoms with Gasteiger partial charge in [-0.25, -0.2) is 32.3 Å². The number of hydrogen-bond acceptors (Lipinski definition) is 9. The number of Topliss-reactive ketones (excluding diaryl/α,β-unsaturated/α-hetero) is 1. The third-order valence-electron chi connectivity index (χ3n) is 7.52. The third kappa shape index (κ3) is 9.87. The number of rotatable bonds is 12. The van der Waals surface area contributed by atoms with Gasteiger partial charge in [-0.2, -0.15) is 4.39 Å². The summed E-state index contributed by atoms with van der Waals surface area (Å²) in [7, 11) is 4.26. The molecule has 0 saturated carbocycles. The number of imidazole rings is 1. The fraction of sp³-hybridized carbons (Fsp3) is 0.333. The number of ether oxygens (including phenoxy) is 3. The zero-order chi connectivity index (χ0) is 39.2. The van der Waals surface area contributed by atoms with Crippen molar-refractivity contribution in [3.63, 3.8) is 0 Å². The van der Waals surface area contributed by atoms with E-state index in [2.05, 4.69) is 15.0 Å². The Hall–Kier alpha value is -6.00. The van der Waals surface area contributed by atoms with Crippen LogP contribution in [0.1, 0.15) is 45.0 Å². The van der Waals surface area contributed by atoms with Crippen LogP contribution in [-0.2, 0) is 32.0 Å². The molecular formula is C36H37F4N5O8. The fourth-order valence-corrected chi connectivity index (χ4v) is 4.98. The SMILES string of the molecule is COC(=O)N[C@@H](CC/C=C/C(=O)N(C)C)C(=O)Cc1cccn(Cc2nc3c(Oc4ccc(F)cc4F)c(F)c(F)cc3n2C(=O)OC(C)(C)C)c1=O. The molecule has 0 bridgehead atoms. The number of halogens is 4. The Kier molecular flexibility index (Phi) is 12.4. The lowest BCUT2D eigenvalue weighted by molar-refractivity contribution is -0.123. The molecule has 2 aromatic carbocycles. The lowest BCUT2D eigenvalue weighted by Crippen LogP contribution is -2.42. The summed E-state index contributed by atoms with van der Waals surface area (Å²) < 4.78 is 75.6. The average Bonchev–Trinajstić information content (AvgIpc) is 3.43. The molecule has 0 spiro atoms. The molecule has 0 unspecified atom stereocenters. The predicted molar refractivity (Wildman–Crippen MR) is 183 cm³/mol. The van der Waals surface area contributed by atoms with E-state index in [1.807, 2.05) is 0 Å². The first-order valence-corrected chi connectivity index (χ1v) is 16.1. The van der Waals surface area contributed by atoms with E-state index >= 15 is 8.78 Å². The molecule has 1 atom stereocenters. The van der Waals surface area contributed by atoms with Crippen molar-refractivity contribution in [3.05, 3.63) is 99.8 Å². The summed E-state index contributed by atoms with van der Waals surface area (Å²) in [6.45, 7) is 4.17. The Morgan fingerprint density at radius 2 is 1.75 bits per heavy atom. The highest BCUT2D eigenvalue weighted by atomic mass is 19.2. The van der Waals surface area contributed by atoms with E-state index in [9.17, 15) is 32.8 Å². The third-order valence-corrected chi connectivity index (χ3v) is 7.52. The minimum Gasteiger partial charge on any atom is -0.453 e. The number of alkyl carbamates (subject to hydrolysis) is 1. The fourth-order valence-electron chi connectivity index (χ4n) is 4.98. The maximum absolute atomic E-state index is 15.2. The second-order valence-electron chi connectivity index (χ2n) is 12.9. The summed E-state index contributed by atoms with van der Waals surface area (Å²) in [5, 5.41) is 2.43. The summed E-state index contributed by atoms with van der Waals surface area (Å²) >= 11 is 0. The van der Waals surface area contributed by atoms with Crippen molar-refractivity contribution in [3.8, 4) is 11.5 Å². The smallest absolute Gasteiger partial charge is 0.420 e. The number of pyridine rings is 1. The standard InChI is InChI=1S/C36H37F4N5O8/c1-36(2,3)53-35(50)45-25-18-23(39)30(40)32(52-27-14-13-21(37)17-22(27)38)31(25)42-28(45)19-44-15-9-10-20(33(44)48)16-26(46)24(41-34(49)51-6)11-7-8-12-29(47)43(4)5/h8-10,12-15,17-18,24H,7,11,16,19H2,1-6H3,(H,41,49)/b12-8+/t24-/m0/s1. The van der Waals surface area contributed by atoms with Crippen LogP contribution in [0.3, 0.4) is 0 Å². The molecule has 13 nitrogen and oxygen atoms in total. The van der Waals surface area contributed by atoms with Crippen molar-refractivity contribution < 1.29 is 51.0 Å². The Morgan fingerprint density at radius 3 is 2.40 bits per heavy atom. The molecule has 0 aliphatic rings. The molecule has 2 heterocycles. The number of nitrogens with zero attached hydrogens (tertiary/aromatic N) is 4. The van der Waals surface area contributed by atoms with Crippen LogP contribution in [0.15, 0.2) is 59.5 Å². The molecule has 0 radical (unpaired) electrons. The van der Waals surface area contributed by atoms with Gasteiger partial charge in [0.15, 0.2) is 28.9 Å². The highest BCUT2D eigenvalue weighted by Gasteiger charge is 2.29. The van der Waals surface area contributed by atoms with Crippen molar-refractivity contribution >= 4 is 34.9 Å². The molecule has 4 rings (SSSR count). The summed E-state index contributed by atoms with van der Waals surface area (Å²) in [6.07, 6.45) is 2.05. The number of carbonyl (C=O) groups excluding carboxylic acids is 4. The molecule has 2 amide bonds. The second kappa shape index (κ2) is 16.6. The summed E-state index contributed by atoms with van der Waals surface area (Å²) in [6, 6.07) is 4.53. The average molecular weight is 744 g/mol. The molecule has 1 N–H and O–H groups in total. The summed E-state index contributed by atoms with van der Waals surface area (Å²) in [5.74, 6) is -7.97. The van der Waals surface area contributed by atoms with Gasteiger partial charge < -0.3 is 29.0 Å². The maximum Gasteiger partial charge on any atom is 0.420 e. The van der Waals surface area contributed by atoms with Gasteiger partial charge in [-0.1, -0.05) is 12.1 Å². The number of methoxy groups -OCH3 is 1. The number of aromatic nitrogens is 3. The van der Waals surface area contributed by atoms with E-state index in [0.717, 1.165) is 28.4 Å². The molecule has 0 fully saturated rings. The van der Waals surface area contributed by atoms with Crippen LogP contribution in [0.5, 0.6) is 11.5 Å². The number of amides is 2. The van der Waals surface area contributed by atoms with E-state index < -0.39 is 88.4 Å². The van der Waals surface area contributed by atoms with E-state index in [1.165, 1.54) is 35.4 Å². The number of nitrogens with one attached hydrogen (secondary N) is 1. The van der Waals surface area contributed by atoms with Gasteiger partial charge in [-0.15, -0.1) is 0 Å². The van der Waals surface area contributed by atoms with Crippen molar-refractivity contribution in [2.24, 2.45) is 0 Å². The minimum atomic E-state index is -1.59. The van der Waals surface area contributed by atoms with Crippen LogP contribution in [0.25, 0.3) is 11.0 Å². The number of benzene rings is 2. The number of hydrogen-bond donors (Lipinski definition) is 1. The first-order valence-electron chi connectivity index (χ1n) is 16.1. The predicted octanol–water partition coefficient (Wildman–Crippen LogP) is 5.64. The Balaban J connectivity index is 1.73. The second-order valence-corrected chi connectivity index (χ2v) is 12.9. The van der Waals surface area contributed by atoms with Gasteiger partial charge in [-0.05, 0) is 57.9 Å². The Labute approximate surface area is 300 Å². The lowest BCUT2D eigenvalue weighted by Gasteiger charge is -2.20. The number of likely N-dealkylation sites (N-methyl/N-ethyl adjacent to an activating group) is 1. The van der Waals surface area contributed by atoms with E-state index in [-0.39, 0.29) is 35.7 Å². The van der Waals surface area contributed by atoms with E-state index in [0.29, 0.717) is 12.1 Å². The normalized spacial score (nSPS) is 12.1. The number of ketones is 1. The van der Waals surface area contributed by atoms with Crippen LogP contribution >= 0.6 is 0 Å². The summed E-state index contributed by atoms with van der Waals surface area (Å²) in [4.78, 5) is 70.1. The van der Waals surface area contributed by atoms with Gasteiger partial charge in [-0.3, -0.25) is 14.4 Å². The van der Waals surface area contributed by atoms with Gasteiger partial charge in [0.2, 0.25) is 11.7 Å². The monoisotopic (exact) mass is 743 g/mol. The summed E-state index contributed by atoms with van der Waals surface area (Å²) in [5.41, 5.74) is -2.61. The van der Waals surface area contributed by atoms with Gasteiger partial charge in [0.25, 0.3) is 5.56 Å². The molecule has 0 aliphatic carbocycles. The minimum absolute atomic E-state index is 0.0136. The van der Waals surface area contributed by atoms with Gasteiger partial charge >= 0.3 is 12.2 Å². The van der Waals surface area contributed by atoms with E-state index in [4.69, 9.17) is 9.47 Å². The van der Waals surface area contributed by atoms with E-state index in [1.54, 1.807) is 34.9 Å². The zero-order valence-electron chi connectivity index (χ0n) is 29.7. The topological polar surface area (TPSA) is 151 Å². The van der Waals surface area contributed by atoms with Crippen molar-refractivity contribution in [2.75, 3.05) is 21.2 Å². The number of carbonyl (C=O) groups is 4. The first kappa shape index (κ1) is 39.8. The number of fused-ring (bicyclic) bond motifs is 1. The molecule has 53 heavy (non-hydrogen) atoms.